The molecule has 0 spiro atoms. The largest absolute Gasteiger partial charge is 0.467 e. The number of anilines is 1. The summed E-state index contributed by atoms with van der Waals surface area (Å²) in [6.45, 7) is 1.19. The Morgan fingerprint density at radius 1 is 1.04 bits per heavy atom. The smallest absolute Gasteiger partial charge is 0.306 e. The fourth-order valence-corrected chi connectivity index (χ4v) is 2.13. The van der Waals surface area contributed by atoms with Gasteiger partial charge < -0.3 is 19.8 Å². The van der Waals surface area contributed by atoms with Crippen molar-refractivity contribution in [3.05, 3.63) is 54.0 Å². The molecule has 1 heterocycles. The van der Waals surface area contributed by atoms with Crippen LogP contribution in [0.3, 0.4) is 0 Å². The summed E-state index contributed by atoms with van der Waals surface area (Å²) in [5, 5.41) is 5.14. The molecule has 0 radical (unpaired) electrons. The number of carbonyl (C=O) groups excluding carboxylic acids is 4. The molecule has 1 aromatic carbocycles. The van der Waals surface area contributed by atoms with Crippen molar-refractivity contribution in [2.24, 2.45) is 0 Å². The molecule has 0 atom stereocenters. The molecule has 0 aliphatic carbocycles. The zero-order valence-corrected chi connectivity index (χ0v) is 14.8. The van der Waals surface area contributed by atoms with Crippen LogP contribution < -0.4 is 10.6 Å². The maximum absolute atomic E-state index is 11.8. The molecule has 8 heteroatoms. The summed E-state index contributed by atoms with van der Waals surface area (Å²) in [7, 11) is 0. The first kappa shape index (κ1) is 19.9. The normalized spacial score (nSPS) is 10.1. The van der Waals surface area contributed by atoms with Crippen LogP contribution in [0.2, 0.25) is 0 Å². The number of benzene rings is 1. The minimum atomic E-state index is -0.657. The number of carbonyl (C=O) groups is 4. The van der Waals surface area contributed by atoms with Gasteiger partial charge in [0.15, 0.2) is 12.4 Å². The highest BCUT2D eigenvalue weighted by molar-refractivity contribution is 5.97. The lowest BCUT2D eigenvalue weighted by atomic mass is 10.1. The average molecular weight is 372 g/mol. The molecule has 0 fully saturated rings. The van der Waals surface area contributed by atoms with Crippen LogP contribution in [-0.2, 0) is 25.7 Å². The Kier molecular flexibility index (Phi) is 7.30. The molecule has 0 bridgehead atoms. The highest BCUT2D eigenvalue weighted by Gasteiger charge is 2.11. The monoisotopic (exact) mass is 372 g/mol. The number of amides is 2. The van der Waals surface area contributed by atoms with Crippen molar-refractivity contribution in [2.75, 3.05) is 11.9 Å². The van der Waals surface area contributed by atoms with Crippen LogP contribution in [0.4, 0.5) is 5.69 Å². The predicted molar refractivity (Wildman–Crippen MR) is 95.8 cm³/mol. The van der Waals surface area contributed by atoms with E-state index in [4.69, 9.17) is 9.15 Å². The van der Waals surface area contributed by atoms with Crippen LogP contribution in [0.15, 0.2) is 47.1 Å². The zero-order chi connectivity index (χ0) is 19.6. The molecule has 0 unspecified atom stereocenters. The maximum atomic E-state index is 11.8. The molecule has 0 aliphatic rings. The predicted octanol–water partition coefficient (Wildman–Crippen LogP) is 2.06. The number of hydrogen-bond donors (Lipinski definition) is 2. The topological polar surface area (TPSA) is 115 Å². The van der Waals surface area contributed by atoms with E-state index in [1.165, 1.54) is 19.3 Å². The first-order valence-corrected chi connectivity index (χ1v) is 8.29. The highest BCUT2D eigenvalue weighted by atomic mass is 16.5. The third kappa shape index (κ3) is 7.15. The van der Waals surface area contributed by atoms with Crippen molar-refractivity contribution in [1.29, 1.82) is 0 Å². The number of furan rings is 1. The number of nitrogens with one attached hydrogen (secondary N) is 2. The van der Waals surface area contributed by atoms with Gasteiger partial charge in [-0.3, -0.25) is 19.2 Å². The maximum Gasteiger partial charge on any atom is 0.306 e. The van der Waals surface area contributed by atoms with Crippen LogP contribution >= 0.6 is 0 Å². The number of ether oxygens (including phenoxy) is 1. The molecule has 0 saturated heterocycles. The van der Waals surface area contributed by atoms with Gasteiger partial charge in [-0.15, -0.1) is 0 Å². The molecule has 142 valence electrons. The number of rotatable bonds is 9. The van der Waals surface area contributed by atoms with E-state index in [0.29, 0.717) is 17.0 Å². The second-order valence-electron chi connectivity index (χ2n) is 5.70. The van der Waals surface area contributed by atoms with Crippen molar-refractivity contribution >= 4 is 29.3 Å². The van der Waals surface area contributed by atoms with E-state index in [9.17, 15) is 19.2 Å². The lowest BCUT2D eigenvalue weighted by molar-refractivity contribution is -0.148. The SMILES string of the molecule is CC(=O)c1cccc(NC(=O)COC(=O)CCC(=O)NCc2ccco2)c1. The molecular formula is C19H20N2O6. The van der Waals surface area contributed by atoms with Gasteiger partial charge in [0.2, 0.25) is 5.91 Å². The molecule has 2 amide bonds. The van der Waals surface area contributed by atoms with E-state index >= 15 is 0 Å². The van der Waals surface area contributed by atoms with Gasteiger partial charge in [-0.1, -0.05) is 12.1 Å². The van der Waals surface area contributed by atoms with Gasteiger partial charge in [-0.25, -0.2) is 0 Å². The van der Waals surface area contributed by atoms with Gasteiger partial charge in [0.1, 0.15) is 5.76 Å². The Morgan fingerprint density at radius 3 is 2.56 bits per heavy atom. The van der Waals surface area contributed by atoms with Crippen LogP contribution in [0.1, 0.15) is 35.9 Å². The van der Waals surface area contributed by atoms with Crippen LogP contribution in [0.25, 0.3) is 0 Å². The van der Waals surface area contributed by atoms with Gasteiger partial charge in [0, 0.05) is 17.7 Å². The van der Waals surface area contributed by atoms with Crippen molar-refractivity contribution in [2.45, 2.75) is 26.3 Å². The Labute approximate surface area is 155 Å². The third-order valence-corrected chi connectivity index (χ3v) is 3.51. The molecule has 0 aliphatic heterocycles. The Hall–Kier alpha value is -3.42. The Bertz CT molecular complexity index is 813. The molecular weight excluding hydrogens is 352 g/mol. The first-order valence-electron chi connectivity index (χ1n) is 8.29. The quantitative estimate of drug-likeness (QED) is 0.514. The molecule has 8 nitrogen and oxygen atoms in total. The minimum Gasteiger partial charge on any atom is -0.467 e. The van der Waals surface area contributed by atoms with Crippen molar-refractivity contribution in [3.8, 4) is 0 Å². The summed E-state index contributed by atoms with van der Waals surface area (Å²) in [5.41, 5.74) is 0.895. The fraction of sp³-hybridized carbons (Fsp3) is 0.263. The van der Waals surface area contributed by atoms with Gasteiger partial charge in [-0.05, 0) is 31.2 Å². The lowest BCUT2D eigenvalue weighted by Crippen LogP contribution is -2.24. The Morgan fingerprint density at radius 2 is 1.85 bits per heavy atom. The van der Waals surface area contributed by atoms with E-state index in [1.54, 1.807) is 30.3 Å². The van der Waals surface area contributed by atoms with Crippen LogP contribution in [0, 0.1) is 0 Å². The molecule has 0 saturated carbocycles. The van der Waals surface area contributed by atoms with Crippen molar-refractivity contribution in [3.63, 3.8) is 0 Å². The standard InChI is InChI=1S/C19H20N2O6/c1-13(22)14-4-2-5-15(10-14)21-18(24)12-27-19(25)8-7-17(23)20-11-16-6-3-9-26-16/h2-6,9-10H,7-8,11-12H2,1H3,(H,20,23)(H,21,24). The van der Waals surface area contributed by atoms with Crippen LogP contribution in [0.5, 0.6) is 0 Å². The van der Waals surface area contributed by atoms with E-state index < -0.39 is 18.5 Å². The van der Waals surface area contributed by atoms with E-state index in [2.05, 4.69) is 10.6 Å². The summed E-state index contributed by atoms with van der Waals surface area (Å²) in [6, 6.07) is 9.86. The molecule has 1 aromatic heterocycles. The van der Waals surface area contributed by atoms with Crippen molar-refractivity contribution in [1.82, 2.24) is 5.32 Å². The van der Waals surface area contributed by atoms with E-state index in [1.807, 2.05) is 0 Å². The second-order valence-corrected chi connectivity index (χ2v) is 5.70. The number of esters is 1. The lowest BCUT2D eigenvalue weighted by Gasteiger charge is -2.07. The molecule has 2 rings (SSSR count). The number of ketones is 1. The first-order chi connectivity index (χ1) is 12.9. The average Bonchev–Trinajstić information content (AvgIpc) is 3.16. The zero-order valence-electron chi connectivity index (χ0n) is 14.8. The fourth-order valence-electron chi connectivity index (χ4n) is 2.13. The molecule has 2 N–H and O–H groups in total. The van der Waals surface area contributed by atoms with E-state index in [-0.39, 0.29) is 31.1 Å². The van der Waals surface area contributed by atoms with E-state index in [0.717, 1.165) is 0 Å². The Balaban J connectivity index is 1.65. The molecule has 2 aromatic rings. The van der Waals surface area contributed by atoms with Gasteiger partial charge >= 0.3 is 5.97 Å². The van der Waals surface area contributed by atoms with Gasteiger partial charge in [0.05, 0.1) is 19.2 Å². The summed E-state index contributed by atoms with van der Waals surface area (Å²) in [4.78, 5) is 46.4. The summed E-state index contributed by atoms with van der Waals surface area (Å²) in [5.74, 6) is -1.03. The second kappa shape index (κ2) is 9.91. The number of hydrogen-bond acceptors (Lipinski definition) is 6. The third-order valence-electron chi connectivity index (χ3n) is 3.51. The van der Waals surface area contributed by atoms with Gasteiger partial charge in [0.25, 0.3) is 5.91 Å². The molecule has 27 heavy (non-hydrogen) atoms. The van der Waals surface area contributed by atoms with Crippen LogP contribution in [-0.4, -0.2) is 30.2 Å². The highest BCUT2D eigenvalue weighted by Crippen LogP contribution is 2.11. The summed E-state index contributed by atoms with van der Waals surface area (Å²) >= 11 is 0. The minimum absolute atomic E-state index is 0.0538. The van der Waals surface area contributed by atoms with Gasteiger partial charge in [-0.2, -0.15) is 0 Å². The summed E-state index contributed by atoms with van der Waals surface area (Å²) in [6.07, 6.45) is 1.30. The number of Topliss-reactive ketones (excluding diaryl/α,β-unsaturated/α-hetero) is 1. The van der Waals surface area contributed by atoms with Crippen molar-refractivity contribution < 1.29 is 28.3 Å². The summed E-state index contributed by atoms with van der Waals surface area (Å²) < 4.78 is 9.91.